The number of ketones is 2. The summed E-state index contributed by atoms with van der Waals surface area (Å²) in [4.78, 5) is 39.2. The number of aliphatic hydroxyl groups is 4. The third-order valence-electron chi connectivity index (χ3n) is 6.96. The zero-order valence-corrected chi connectivity index (χ0v) is 17.7. The predicted molar refractivity (Wildman–Crippen MR) is 112 cm³/mol. The first-order valence-corrected chi connectivity index (χ1v) is 10.0. The highest BCUT2D eigenvalue weighted by molar-refractivity contribution is 6.23. The molecule has 3 aliphatic carbocycles. The van der Waals surface area contributed by atoms with Crippen LogP contribution >= 0.6 is 0 Å². The van der Waals surface area contributed by atoms with Crippen LogP contribution in [-0.2, 0) is 14.4 Å². The molecule has 1 saturated carbocycles. The lowest BCUT2D eigenvalue weighted by molar-refractivity contribution is -0.160. The van der Waals surface area contributed by atoms with E-state index in [2.05, 4.69) is 0 Å². The number of aliphatic hydroxyl groups excluding tert-OH is 3. The van der Waals surface area contributed by atoms with Crippen molar-refractivity contribution in [2.45, 2.75) is 31.0 Å². The standard InChI is InChI=1S/C22H24N2O8/c1-7-8-4-5-10(24(2)3)17(27)13(8)18(28)15-12(7)16(26)9-6-11(25)14(21(23)31)19(29)22(9,32)20(15)30/h4-5,7,9,12,16,26-29,32H,6H2,1-3H3,(H2,23,31)/t7-,9-,12-,16+,22-/m1/s1. The Morgan fingerprint density at radius 3 is 2.38 bits per heavy atom. The van der Waals surface area contributed by atoms with Crippen LogP contribution in [0, 0.1) is 11.8 Å². The Morgan fingerprint density at radius 1 is 1.19 bits per heavy atom. The van der Waals surface area contributed by atoms with Crippen molar-refractivity contribution in [3.63, 3.8) is 0 Å². The van der Waals surface area contributed by atoms with Crippen molar-refractivity contribution in [2.75, 3.05) is 19.0 Å². The zero-order chi connectivity index (χ0) is 23.9. The van der Waals surface area contributed by atoms with E-state index in [1.807, 2.05) is 0 Å². The number of Topliss-reactive ketones (excluding diaryl/α,β-unsaturated/α-hetero) is 2. The topological polar surface area (TPSA) is 182 Å². The van der Waals surface area contributed by atoms with E-state index in [9.17, 15) is 39.9 Å². The van der Waals surface area contributed by atoms with Gasteiger partial charge in [-0.25, -0.2) is 0 Å². The van der Waals surface area contributed by atoms with Crippen LogP contribution in [0.3, 0.4) is 0 Å². The zero-order valence-electron chi connectivity index (χ0n) is 17.7. The first-order valence-electron chi connectivity index (χ1n) is 10.0. The van der Waals surface area contributed by atoms with Crippen molar-refractivity contribution in [2.24, 2.45) is 17.6 Å². The number of nitrogens with zero attached hydrogens (tertiary/aromatic N) is 1. The molecule has 0 spiro atoms. The monoisotopic (exact) mass is 444 g/mol. The quantitative estimate of drug-likeness (QED) is 0.343. The Morgan fingerprint density at radius 2 is 1.81 bits per heavy atom. The Kier molecular flexibility index (Phi) is 4.65. The van der Waals surface area contributed by atoms with E-state index in [1.54, 1.807) is 38.1 Å². The summed E-state index contributed by atoms with van der Waals surface area (Å²) < 4.78 is 0. The molecule has 0 saturated heterocycles. The van der Waals surface area contributed by atoms with Gasteiger partial charge >= 0.3 is 0 Å². The Labute approximate surface area is 182 Å². The van der Waals surface area contributed by atoms with Crippen molar-refractivity contribution in [1.82, 2.24) is 0 Å². The lowest BCUT2D eigenvalue weighted by atomic mass is 9.55. The summed E-state index contributed by atoms with van der Waals surface area (Å²) in [6.45, 7) is 1.68. The molecule has 1 aromatic carbocycles. The fourth-order valence-electron chi connectivity index (χ4n) is 5.35. The molecule has 7 N–H and O–H groups in total. The van der Waals surface area contributed by atoms with Crippen LogP contribution in [0.4, 0.5) is 5.69 Å². The Bertz CT molecular complexity index is 1150. The molecule has 3 aliphatic rings. The third-order valence-corrected chi connectivity index (χ3v) is 6.96. The number of nitrogens with two attached hydrogens (primary N) is 1. The molecule has 5 atom stereocenters. The highest BCUT2D eigenvalue weighted by Gasteiger charge is 2.64. The van der Waals surface area contributed by atoms with E-state index in [0.29, 0.717) is 11.3 Å². The predicted octanol–water partition coefficient (Wildman–Crippen LogP) is 0.0217. The van der Waals surface area contributed by atoms with Gasteiger partial charge < -0.3 is 36.2 Å². The van der Waals surface area contributed by atoms with Gasteiger partial charge in [0.1, 0.15) is 22.8 Å². The molecule has 0 radical (unpaired) electrons. The second kappa shape index (κ2) is 6.81. The number of phenols is 1. The van der Waals surface area contributed by atoms with E-state index >= 15 is 0 Å². The number of rotatable bonds is 2. The summed E-state index contributed by atoms with van der Waals surface area (Å²) >= 11 is 0. The molecule has 1 amide bonds. The van der Waals surface area contributed by atoms with E-state index in [0.717, 1.165) is 0 Å². The van der Waals surface area contributed by atoms with E-state index in [4.69, 9.17) is 5.73 Å². The maximum absolute atomic E-state index is 13.5. The van der Waals surface area contributed by atoms with Crippen LogP contribution in [0.2, 0.25) is 0 Å². The van der Waals surface area contributed by atoms with Gasteiger partial charge in [-0.05, 0) is 17.5 Å². The number of carbonyl (C=O) groups excluding carboxylic acids is 3. The van der Waals surface area contributed by atoms with Gasteiger partial charge in [0.05, 0.1) is 17.4 Å². The number of aromatic hydroxyl groups is 1. The highest BCUT2D eigenvalue weighted by atomic mass is 16.4. The number of primary amides is 1. The van der Waals surface area contributed by atoms with Crippen LogP contribution in [0.5, 0.6) is 5.75 Å². The van der Waals surface area contributed by atoms with Crippen molar-refractivity contribution in [3.05, 3.63) is 40.2 Å². The van der Waals surface area contributed by atoms with Crippen molar-refractivity contribution in [3.8, 4) is 5.75 Å². The van der Waals surface area contributed by atoms with Gasteiger partial charge in [0, 0.05) is 37.9 Å². The van der Waals surface area contributed by atoms with Crippen LogP contribution in [0.1, 0.15) is 30.4 Å². The Hall–Kier alpha value is -3.37. The summed E-state index contributed by atoms with van der Waals surface area (Å²) in [6, 6.07) is 3.29. The molecule has 170 valence electrons. The molecule has 4 rings (SSSR count). The van der Waals surface area contributed by atoms with E-state index in [-0.39, 0.29) is 11.3 Å². The molecule has 1 fully saturated rings. The summed E-state index contributed by atoms with van der Waals surface area (Å²) in [5, 5.41) is 54.8. The molecular formula is C22H24N2O8. The molecule has 10 nitrogen and oxygen atoms in total. The number of hydrogen-bond acceptors (Lipinski definition) is 9. The minimum Gasteiger partial charge on any atom is -0.508 e. The lowest BCUT2D eigenvalue weighted by Gasteiger charge is -2.50. The SMILES string of the molecule is C[C@@H]1c2ccc(N(C)C)c(O)c2C(O)=C2C(=O)[C@]3(O)C(O)=C(C(N)=O)C(=O)C[C@@H]3[C@H](O)[C@@H]21. The molecule has 0 bridgehead atoms. The van der Waals surface area contributed by atoms with Gasteiger partial charge in [-0.2, -0.15) is 0 Å². The maximum atomic E-state index is 13.5. The molecule has 0 aliphatic heterocycles. The molecule has 32 heavy (non-hydrogen) atoms. The van der Waals surface area contributed by atoms with Gasteiger partial charge in [-0.3, -0.25) is 14.4 Å². The highest BCUT2D eigenvalue weighted by Crippen LogP contribution is 2.56. The van der Waals surface area contributed by atoms with Gasteiger partial charge in [0.25, 0.3) is 5.91 Å². The van der Waals surface area contributed by atoms with Crippen LogP contribution < -0.4 is 10.6 Å². The number of anilines is 1. The average Bonchev–Trinajstić information content (AvgIpc) is 2.70. The number of benzene rings is 1. The summed E-state index contributed by atoms with van der Waals surface area (Å²) in [6.07, 6.45) is -2.13. The van der Waals surface area contributed by atoms with Gasteiger partial charge in [-0.15, -0.1) is 0 Å². The number of phenolic OH excluding ortho intramolecular Hbond substituents is 1. The smallest absolute Gasteiger partial charge is 0.255 e. The molecule has 0 aromatic heterocycles. The Balaban J connectivity index is 2.02. The van der Waals surface area contributed by atoms with Crippen LogP contribution in [0.25, 0.3) is 5.76 Å². The minimum atomic E-state index is -2.83. The molecular weight excluding hydrogens is 420 g/mol. The summed E-state index contributed by atoms with van der Waals surface area (Å²) in [5.41, 5.74) is 1.83. The second-order valence-electron chi connectivity index (χ2n) is 8.78. The first-order chi connectivity index (χ1) is 14.8. The second-order valence-corrected chi connectivity index (χ2v) is 8.78. The van der Waals surface area contributed by atoms with Crippen molar-refractivity contribution >= 4 is 28.9 Å². The number of hydrogen-bond donors (Lipinski definition) is 6. The van der Waals surface area contributed by atoms with Gasteiger partial charge in [0.15, 0.2) is 11.4 Å². The van der Waals surface area contributed by atoms with Crippen molar-refractivity contribution < 1.29 is 39.9 Å². The largest absolute Gasteiger partial charge is 0.508 e. The summed E-state index contributed by atoms with van der Waals surface area (Å²) in [7, 11) is 3.35. The van der Waals surface area contributed by atoms with E-state index < -0.39 is 76.0 Å². The molecule has 0 unspecified atom stereocenters. The van der Waals surface area contributed by atoms with Crippen LogP contribution in [0.15, 0.2) is 29.0 Å². The van der Waals surface area contributed by atoms with Gasteiger partial charge in [0.2, 0.25) is 5.78 Å². The molecule has 10 heteroatoms. The molecule has 1 aromatic rings. The van der Waals surface area contributed by atoms with Crippen molar-refractivity contribution in [1.29, 1.82) is 0 Å². The third kappa shape index (κ3) is 2.50. The van der Waals surface area contributed by atoms with Gasteiger partial charge in [-0.1, -0.05) is 13.0 Å². The maximum Gasteiger partial charge on any atom is 0.255 e. The van der Waals surface area contributed by atoms with Crippen LogP contribution in [-0.4, -0.2) is 68.8 Å². The lowest BCUT2D eigenvalue weighted by Crippen LogP contribution is -2.63. The first kappa shape index (κ1) is 21.8. The number of amides is 1. The normalized spacial score (nSPS) is 31.8. The molecule has 0 heterocycles. The fourth-order valence-corrected chi connectivity index (χ4v) is 5.35. The van der Waals surface area contributed by atoms with E-state index in [1.165, 1.54) is 0 Å². The summed E-state index contributed by atoms with van der Waals surface area (Å²) in [5.74, 6) is -8.64. The number of carbonyl (C=O) groups is 3. The minimum absolute atomic E-state index is 0.0250. The number of fused-ring (bicyclic) bond motifs is 3. The average molecular weight is 444 g/mol. The fraction of sp³-hybridized carbons (Fsp3) is 0.409.